The van der Waals surface area contributed by atoms with E-state index in [9.17, 15) is 8.42 Å². The van der Waals surface area contributed by atoms with Gasteiger partial charge in [-0.25, -0.2) is 13.4 Å². The van der Waals surface area contributed by atoms with Crippen LogP contribution < -0.4 is 10.6 Å². The Balaban J connectivity index is 1.57. The van der Waals surface area contributed by atoms with Gasteiger partial charge in [-0.3, -0.25) is 0 Å². The van der Waals surface area contributed by atoms with E-state index in [1.165, 1.54) is 0 Å². The number of halogens is 1. The van der Waals surface area contributed by atoms with Crippen LogP contribution in [-0.2, 0) is 16.4 Å². The van der Waals surface area contributed by atoms with Crippen LogP contribution in [-0.4, -0.2) is 38.5 Å². The lowest BCUT2D eigenvalue weighted by atomic mass is 10.1. The molecular formula is C16H22ClN3O2S. The zero-order chi connectivity index (χ0) is 16.3. The minimum atomic E-state index is -2.83. The van der Waals surface area contributed by atoms with Crippen LogP contribution in [0.25, 0.3) is 0 Å². The van der Waals surface area contributed by atoms with E-state index in [0.29, 0.717) is 29.9 Å². The van der Waals surface area contributed by atoms with Crippen LogP contribution in [0.15, 0.2) is 29.3 Å². The summed E-state index contributed by atoms with van der Waals surface area (Å²) in [6.45, 7) is 1.19. The van der Waals surface area contributed by atoms with Crippen molar-refractivity contribution in [1.29, 1.82) is 0 Å². The van der Waals surface area contributed by atoms with Crippen molar-refractivity contribution in [3.05, 3.63) is 34.9 Å². The fraction of sp³-hybridized carbons (Fsp3) is 0.562. The highest BCUT2D eigenvalue weighted by atomic mass is 35.5. The predicted molar refractivity (Wildman–Crippen MR) is 93.5 cm³/mol. The largest absolute Gasteiger partial charge is 0.356 e. The fourth-order valence-corrected chi connectivity index (χ4v) is 4.73. The second-order valence-corrected chi connectivity index (χ2v) is 9.03. The first kappa shape index (κ1) is 16.6. The molecule has 7 heteroatoms. The summed E-state index contributed by atoms with van der Waals surface area (Å²) in [5.74, 6) is 1.53. The van der Waals surface area contributed by atoms with Gasteiger partial charge in [-0.1, -0.05) is 23.7 Å². The third kappa shape index (κ3) is 5.39. The van der Waals surface area contributed by atoms with Crippen LogP contribution in [0.4, 0.5) is 0 Å². The van der Waals surface area contributed by atoms with E-state index in [4.69, 9.17) is 11.6 Å². The number of hydrogen-bond acceptors (Lipinski definition) is 3. The van der Waals surface area contributed by atoms with Gasteiger partial charge in [-0.2, -0.15) is 0 Å². The van der Waals surface area contributed by atoms with E-state index in [1.54, 1.807) is 0 Å². The summed E-state index contributed by atoms with van der Waals surface area (Å²) in [5.41, 5.74) is 1.05. The predicted octanol–water partition coefficient (Wildman–Crippen LogP) is 1.97. The molecule has 3 rings (SSSR count). The summed E-state index contributed by atoms with van der Waals surface area (Å²) < 4.78 is 23.1. The Morgan fingerprint density at radius 3 is 2.78 bits per heavy atom. The molecule has 1 unspecified atom stereocenters. The molecule has 0 amide bonds. The molecule has 126 valence electrons. The van der Waals surface area contributed by atoms with Gasteiger partial charge in [-0.05, 0) is 42.9 Å². The zero-order valence-corrected chi connectivity index (χ0v) is 14.5. The molecule has 1 saturated heterocycles. The van der Waals surface area contributed by atoms with Crippen LogP contribution in [0.1, 0.15) is 24.8 Å². The molecule has 1 aromatic carbocycles. The summed E-state index contributed by atoms with van der Waals surface area (Å²) in [6, 6.07) is 8.15. The van der Waals surface area contributed by atoms with Crippen molar-refractivity contribution in [2.24, 2.45) is 10.9 Å². The first-order valence-electron chi connectivity index (χ1n) is 8.00. The lowest BCUT2D eigenvalue weighted by Crippen LogP contribution is -2.41. The lowest BCUT2D eigenvalue weighted by molar-refractivity contribution is 0.566. The molecule has 0 bridgehead atoms. The summed E-state index contributed by atoms with van der Waals surface area (Å²) >= 11 is 5.99. The zero-order valence-electron chi connectivity index (χ0n) is 13.0. The average Bonchev–Trinajstić information content (AvgIpc) is 3.24. The van der Waals surface area contributed by atoms with Gasteiger partial charge in [0.15, 0.2) is 15.8 Å². The van der Waals surface area contributed by atoms with Crippen molar-refractivity contribution in [2.45, 2.75) is 31.8 Å². The maximum Gasteiger partial charge on any atom is 0.191 e. The van der Waals surface area contributed by atoms with Crippen LogP contribution in [0, 0.1) is 5.92 Å². The van der Waals surface area contributed by atoms with Gasteiger partial charge in [0, 0.05) is 17.6 Å². The van der Waals surface area contributed by atoms with E-state index >= 15 is 0 Å². The SMILES string of the molecule is O=S1(=O)CCC(CNC(=NCc2cccc(Cl)c2)NC2CC2)C1. The monoisotopic (exact) mass is 355 g/mol. The Bertz CT molecular complexity index is 686. The molecular weight excluding hydrogens is 334 g/mol. The van der Waals surface area contributed by atoms with E-state index < -0.39 is 9.84 Å². The molecule has 1 heterocycles. The Labute approximate surface area is 142 Å². The van der Waals surface area contributed by atoms with Crippen LogP contribution in [0.2, 0.25) is 5.02 Å². The van der Waals surface area contributed by atoms with Gasteiger partial charge in [0.1, 0.15) is 0 Å². The van der Waals surface area contributed by atoms with Crippen molar-refractivity contribution in [3.63, 3.8) is 0 Å². The molecule has 2 N–H and O–H groups in total. The number of nitrogens with one attached hydrogen (secondary N) is 2. The molecule has 1 saturated carbocycles. The van der Waals surface area contributed by atoms with E-state index in [-0.39, 0.29) is 11.7 Å². The number of hydrogen-bond donors (Lipinski definition) is 2. The second-order valence-electron chi connectivity index (χ2n) is 6.36. The molecule has 1 aliphatic heterocycles. The summed E-state index contributed by atoms with van der Waals surface area (Å²) in [5, 5.41) is 7.38. The molecule has 1 atom stereocenters. The van der Waals surface area contributed by atoms with Gasteiger partial charge in [-0.15, -0.1) is 0 Å². The number of rotatable bonds is 5. The van der Waals surface area contributed by atoms with Crippen LogP contribution >= 0.6 is 11.6 Å². The number of aliphatic imine (C=N–C) groups is 1. The Hall–Kier alpha value is -1.27. The standard InChI is InChI=1S/C16H22ClN3O2S/c17-14-3-1-2-12(8-14)9-18-16(20-15-4-5-15)19-10-13-6-7-23(21,22)11-13/h1-3,8,13,15H,4-7,9-11H2,(H2,18,19,20). The first-order chi connectivity index (χ1) is 11.0. The normalized spacial score (nSPS) is 23.7. The lowest BCUT2D eigenvalue weighted by Gasteiger charge is -2.15. The highest BCUT2D eigenvalue weighted by Crippen LogP contribution is 2.19. The quantitative estimate of drug-likeness (QED) is 0.626. The third-order valence-corrected chi connectivity index (χ3v) is 6.18. The van der Waals surface area contributed by atoms with E-state index in [2.05, 4.69) is 15.6 Å². The molecule has 2 fully saturated rings. The molecule has 23 heavy (non-hydrogen) atoms. The van der Waals surface area contributed by atoms with Gasteiger partial charge in [0.05, 0.1) is 18.1 Å². The van der Waals surface area contributed by atoms with Gasteiger partial charge in [0.25, 0.3) is 0 Å². The maximum atomic E-state index is 11.5. The molecule has 0 spiro atoms. The van der Waals surface area contributed by atoms with Gasteiger partial charge < -0.3 is 10.6 Å². The molecule has 0 aromatic heterocycles. The van der Waals surface area contributed by atoms with Crippen molar-refractivity contribution < 1.29 is 8.42 Å². The Morgan fingerprint density at radius 2 is 2.13 bits per heavy atom. The smallest absolute Gasteiger partial charge is 0.191 e. The highest BCUT2D eigenvalue weighted by Gasteiger charge is 2.28. The third-order valence-electron chi connectivity index (χ3n) is 4.11. The Kier molecular flexibility index (Phi) is 5.11. The van der Waals surface area contributed by atoms with E-state index in [0.717, 1.165) is 30.8 Å². The summed E-state index contributed by atoms with van der Waals surface area (Å²) in [4.78, 5) is 4.60. The molecule has 0 radical (unpaired) electrons. The van der Waals surface area contributed by atoms with E-state index in [1.807, 2.05) is 24.3 Å². The number of nitrogens with zero attached hydrogens (tertiary/aromatic N) is 1. The molecule has 1 aromatic rings. The van der Waals surface area contributed by atoms with Crippen molar-refractivity contribution in [2.75, 3.05) is 18.1 Å². The summed E-state index contributed by atoms with van der Waals surface area (Å²) in [6.07, 6.45) is 3.06. The van der Waals surface area contributed by atoms with Crippen LogP contribution in [0.3, 0.4) is 0 Å². The minimum Gasteiger partial charge on any atom is -0.356 e. The van der Waals surface area contributed by atoms with Crippen molar-refractivity contribution in [1.82, 2.24) is 10.6 Å². The van der Waals surface area contributed by atoms with Gasteiger partial charge >= 0.3 is 0 Å². The Morgan fingerprint density at radius 1 is 1.30 bits per heavy atom. The van der Waals surface area contributed by atoms with Crippen LogP contribution in [0.5, 0.6) is 0 Å². The number of benzene rings is 1. The number of guanidine groups is 1. The van der Waals surface area contributed by atoms with Crippen molar-refractivity contribution >= 4 is 27.4 Å². The minimum absolute atomic E-state index is 0.178. The number of sulfone groups is 1. The van der Waals surface area contributed by atoms with Crippen molar-refractivity contribution in [3.8, 4) is 0 Å². The average molecular weight is 356 g/mol. The first-order valence-corrected chi connectivity index (χ1v) is 10.2. The molecule has 2 aliphatic rings. The highest BCUT2D eigenvalue weighted by molar-refractivity contribution is 7.91. The molecule has 1 aliphatic carbocycles. The molecule has 5 nitrogen and oxygen atoms in total. The fourth-order valence-electron chi connectivity index (χ4n) is 2.65. The second kappa shape index (κ2) is 7.09. The summed E-state index contributed by atoms with van der Waals surface area (Å²) in [7, 11) is -2.83. The topological polar surface area (TPSA) is 70.6 Å². The maximum absolute atomic E-state index is 11.5. The van der Waals surface area contributed by atoms with Gasteiger partial charge in [0.2, 0.25) is 0 Å².